The van der Waals surface area contributed by atoms with Crippen molar-refractivity contribution in [1.82, 2.24) is 4.98 Å². The van der Waals surface area contributed by atoms with Gasteiger partial charge < -0.3 is 28.5 Å². The number of hydrogen-bond acceptors (Lipinski definition) is 8. The minimum absolute atomic E-state index is 0.0474. The first kappa shape index (κ1) is 26.4. The third-order valence-electron chi connectivity index (χ3n) is 6.28. The molecule has 202 valence electrons. The van der Waals surface area contributed by atoms with Crippen LogP contribution >= 0.6 is 11.3 Å². The first-order valence-corrected chi connectivity index (χ1v) is 13.5. The number of carboxylic acid groups (broad SMARTS) is 1. The molecule has 4 aromatic rings. The van der Waals surface area contributed by atoms with E-state index in [1.165, 1.54) is 13.2 Å². The lowest BCUT2D eigenvalue weighted by atomic mass is 9.96. The number of carboxylic acids is 1. The number of aromatic nitrogens is 1. The molecule has 2 unspecified atom stereocenters. The van der Waals surface area contributed by atoms with Crippen molar-refractivity contribution in [3.63, 3.8) is 0 Å². The molecule has 9 heteroatoms. The van der Waals surface area contributed by atoms with E-state index >= 15 is 0 Å². The van der Waals surface area contributed by atoms with E-state index in [-0.39, 0.29) is 12.4 Å². The van der Waals surface area contributed by atoms with E-state index in [0.29, 0.717) is 31.1 Å². The van der Waals surface area contributed by atoms with Crippen LogP contribution in [0.4, 0.5) is 0 Å². The Bertz CT molecular complexity index is 1410. The van der Waals surface area contributed by atoms with Crippen molar-refractivity contribution in [1.29, 1.82) is 0 Å². The second kappa shape index (κ2) is 11.7. The van der Waals surface area contributed by atoms with E-state index in [9.17, 15) is 9.90 Å². The quantitative estimate of drug-likeness (QED) is 0.225. The molecule has 1 aliphatic rings. The van der Waals surface area contributed by atoms with Crippen LogP contribution in [0.15, 0.2) is 88.7 Å². The largest absolute Gasteiger partial charge is 0.493 e. The summed E-state index contributed by atoms with van der Waals surface area (Å²) in [4.78, 5) is 17.7. The average Bonchev–Trinajstić information content (AvgIpc) is 3.68. The zero-order valence-electron chi connectivity index (χ0n) is 21.7. The Balaban J connectivity index is 1.13. The number of aryl methyl sites for hydroxylation is 1. The van der Waals surface area contributed by atoms with Gasteiger partial charge in [-0.1, -0.05) is 48.5 Å². The summed E-state index contributed by atoms with van der Waals surface area (Å²) in [7, 11) is 0. The number of carbonyl (C=O) groups is 1. The van der Waals surface area contributed by atoms with E-state index in [1.54, 1.807) is 11.3 Å². The van der Waals surface area contributed by atoms with E-state index < -0.39 is 17.9 Å². The third kappa shape index (κ3) is 6.61. The van der Waals surface area contributed by atoms with Crippen LogP contribution in [0.25, 0.3) is 10.8 Å². The van der Waals surface area contributed by atoms with Gasteiger partial charge in [0.15, 0.2) is 6.26 Å². The van der Waals surface area contributed by atoms with Crippen molar-refractivity contribution in [3.8, 4) is 16.5 Å². The van der Waals surface area contributed by atoms with Gasteiger partial charge in [-0.15, -0.1) is 11.3 Å². The van der Waals surface area contributed by atoms with E-state index in [4.69, 9.17) is 23.4 Å². The summed E-state index contributed by atoms with van der Waals surface area (Å²) in [6, 6.07) is 21.0. The Hall–Kier alpha value is -4.24. The van der Waals surface area contributed by atoms with Crippen LogP contribution in [-0.2, 0) is 38.3 Å². The molecule has 0 radical (unpaired) electrons. The van der Waals surface area contributed by atoms with Gasteiger partial charge in [-0.25, -0.2) is 9.78 Å². The second-order valence-corrected chi connectivity index (χ2v) is 10.3. The van der Waals surface area contributed by atoms with Gasteiger partial charge in [0.1, 0.15) is 11.5 Å². The maximum absolute atomic E-state index is 12.1. The number of nitrogens with zero attached hydrogens (tertiary/aromatic N) is 1. The molecule has 8 nitrogen and oxygen atoms in total. The fraction of sp³-hybridized carbons (Fsp3) is 0.267. The zero-order chi connectivity index (χ0) is 27.2. The number of oxazole rings is 1. The van der Waals surface area contributed by atoms with Gasteiger partial charge >= 0.3 is 11.9 Å². The van der Waals surface area contributed by atoms with Gasteiger partial charge in [0.05, 0.1) is 17.2 Å². The molecule has 0 fully saturated rings. The molecule has 3 heterocycles. The minimum Gasteiger partial charge on any atom is -0.493 e. The molecular formula is C30H29NO7S. The van der Waals surface area contributed by atoms with Crippen molar-refractivity contribution in [2.24, 2.45) is 0 Å². The average molecular weight is 548 g/mol. The van der Waals surface area contributed by atoms with Crippen LogP contribution in [0.1, 0.15) is 29.5 Å². The van der Waals surface area contributed by atoms with Crippen LogP contribution < -0.4 is 4.74 Å². The lowest BCUT2D eigenvalue weighted by Crippen LogP contribution is -2.40. The highest BCUT2D eigenvalue weighted by atomic mass is 32.1. The molecule has 2 aromatic carbocycles. The predicted octanol–water partition coefficient (Wildman–Crippen LogP) is 6.15. The molecular weight excluding hydrogens is 518 g/mol. The number of rotatable bonds is 12. The summed E-state index contributed by atoms with van der Waals surface area (Å²) < 4.78 is 28.7. The van der Waals surface area contributed by atoms with Gasteiger partial charge in [0, 0.05) is 19.3 Å². The van der Waals surface area contributed by atoms with Crippen molar-refractivity contribution < 1.29 is 33.3 Å². The summed E-state index contributed by atoms with van der Waals surface area (Å²) in [5.41, 5.74) is 1.13. The molecule has 39 heavy (non-hydrogen) atoms. The van der Waals surface area contributed by atoms with Crippen LogP contribution in [0.2, 0.25) is 0 Å². The predicted molar refractivity (Wildman–Crippen MR) is 145 cm³/mol. The first-order valence-electron chi connectivity index (χ1n) is 12.6. The second-order valence-electron chi connectivity index (χ2n) is 9.37. The Morgan fingerprint density at radius 2 is 1.87 bits per heavy atom. The summed E-state index contributed by atoms with van der Waals surface area (Å²) in [6.07, 6.45) is 2.00. The normalized spacial score (nSPS) is 16.1. The molecule has 1 aliphatic heterocycles. The fourth-order valence-electron chi connectivity index (χ4n) is 4.16. The number of hydrogen-bond donors (Lipinski definition) is 1. The van der Waals surface area contributed by atoms with Crippen molar-refractivity contribution in [3.05, 3.63) is 107 Å². The van der Waals surface area contributed by atoms with Crippen molar-refractivity contribution in [2.75, 3.05) is 6.61 Å². The number of ether oxygens (including phenoxy) is 4. The maximum atomic E-state index is 12.1. The summed E-state index contributed by atoms with van der Waals surface area (Å²) in [5, 5.41) is 11.9. The van der Waals surface area contributed by atoms with Crippen LogP contribution in [0.3, 0.4) is 0 Å². The zero-order valence-corrected chi connectivity index (χ0v) is 22.5. The smallest absolute Gasteiger partial charge is 0.348 e. The molecule has 0 saturated carbocycles. The Morgan fingerprint density at radius 3 is 2.59 bits per heavy atom. The molecule has 0 spiro atoms. The van der Waals surface area contributed by atoms with Gasteiger partial charge in [0.2, 0.25) is 17.8 Å². The lowest BCUT2D eigenvalue weighted by molar-refractivity contribution is -0.168. The van der Waals surface area contributed by atoms with Crippen LogP contribution in [0.5, 0.6) is 5.75 Å². The molecule has 0 amide bonds. The molecule has 0 saturated heterocycles. The topological polar surface area (TPSA) is 100 Å². The molecule has 2 atom stereocenters. The number of benzene rings is 2. The Morgan fingerprint density at radius 1 is 1.08 bits per heavy atom. The van der Waals surface area contributed by atoms with Gasteiger partial charge in [-0.05, 0) is 48.6 Å². The van der Waals surface area contributed by atoms with Crippen LogP contribution in [0, 0.1) is 6.92 Å². The molecule has 0 aliphatic carbocycles. The number of thiophene rings is 1. The Kier molecular flexibility index (Phi) is 7.88. The van der Waals surface area contributed by atoms with Gasteiger partial charge in [0.25, 0.3) is 0 Å². The van der Waals surface area contributed by atoms with Crippen molar-refractivity contribution in [2.45, 2.75) is 45.0 Å². The lowest BCUT2D eigenvalue weighted by Gasteiger charge is -2.26. The molecule has 5 rings (SSSR count). The van der Waals surface area contributed by atoms with E-state index in [1.807, 2.05) is 79.0 Å². The van der Waals surface area contributed by atoms with Gasteiger partial charge in [-0.3, -0.25) is 0 Å². The van der Waals surface area contributed by atoms with Gasteiger partial charge in [-0.2, -0.15) is 0 Å². The van der Waals surface area contributed by atoms with Crippen molar-refractivity contribution >= 4 is 17.3 Å². The Labute approximate surface area is 230 Å². The molecule has 1 N–H and O–H groups in total. The number of aliphatic carboxylic acids is 1. The highest BCUT2D eigenvalue weighted by Crippen LogP contribution is 2.29. The third-order valence-corrected chi connectivity index (χ3v) is 7.14. The highest BCUT2D eigenvalue weighted by Gasteiger charge is 2.39. The SMILES string of the molecule is Cc1oc(-c2cccs2)nc1CCOc1ccc(CC(C)(OC2=COC(Cc3ccccc3)O2)C(=O)O)cc1. The summed E-state index contributed by atoms with van der Waals surface area (Å²) >= 11 is 1.58. The summed E-state index contributed by atoms with van der Waals surface area (Å²) in [5.74, 6) is 1.02. The highest BCUT2D eigenvalue weighted by molar-refractivity contribution is 7.13. The maximum Gasteiger partial charge on any atom is 0.348 e. The fourth-order valence-corrected chi connectivity index (χ4v) is 4.81. The molecule has 0 bridgehead atoms. The van der Waals surface area contributed by atoms with Crippen LogP contribution in [-0.4, -0.2) is 34.6 Å². The molecule has 2 aromatic heterocycles. The summed E-state index contributed by atoms with van der Waals surface area (Å²) in [6.45, 7) is 3.85. The standard InChI is InChI=1S/C30H29NO7S/c1-20-24(31-28(36-20)25-9-6-16-39-25)14-15-34-23-12-10-22(11-13-23)18-30(2,29(32)33)38-27-19-35-26(37-27)17-21-7-4-3-5-8-21/h3-13,16,19,26H,14-15,17-18H2,1-2H3,(H,32,33). The van der Waals surface area contributed by atoms with E-state index in [0.717, 1.165) is 27.5 Å². The monoisotopic (exact) mass is 547 g/mol. The minimum atomic E-state index is -1.55. The van der Waals surface area contributed by atoms with E-state index in [2.05, 4.69) is 4.98 Å². The first-order chi connectivity index (χ1) is 18.9.